The lowest BCUT2D eigenvalue weighted by Gasteiger charge is -2.26. The van der Waals surface area contributed by atoms with Crippen molar-refractivity contribution in [3.8, 4) is 0 Å². The van der Waals surface area contributed by atoms with Crippen molar-refractivity contribution < 1.29 is 9.53 Å². The number of ether oxygens (including phenoxy) is 1. The highest BCUT2D eigenvalue weighted by molar-refractivity contribution is 7.80. The monoisotopic (exact) mass is 219 g/mol. The van der Waals surface area contributed by atoms with Crippen LogP contribution in [0, 0.1) is 0 Å². The molecule has 0 unspecified atom stereocenters. The Hall–Kier alpha value is -0.380. The minimum absolute atomic E-state index is 0.234. The molecule has 0 aliphatic heterocycles. The summed E-state index contributed by atoms with van der Waals surface area (Å²) >= 11 is 4.11. The summed E-state index contributed by atoms with van der Waals surface area (Å²) in [5.41, 5.74) is -0.411. The van der Waals surface area contributed by atoms with Gasteiger partial charge in [-0.25, -0.2) is 4.79 Å². The van der Waals surface area contributed by atoms with Gasteiger partial charge < -0.3 is 9.64 Å². The number of nitrogens with zero attached hydrogens (tertiary/aromatic N) is 1. The van der Waals surface area contributed by atoms with Crippen LogP contribution in [0.1, 0.15) is 34.1 Å². The maximum Gasteiger partial charge on any atom is 0.410 e. The van der Waals surface area contributed by atoms with Crippen LogP contribution in [0.2, 0.25) is 0 Å². The van der Waals surface area contributed by atoms with Gasteiger partial charge >= 0.3 is 6.09 Å². The fraction of sp³-hybridized carbons (Fsp3) is 0.900. The average molecular weight is 219 g/mol. The van der Waals surface area contributed by atoms with Crippen LogP contribution in [-0.4, -0.2) is 35.4 Å². The Morgan fingerprint density at radius 1 is 1.43 bits per heavy atom. The lowest BCUT2D eigenvalue weighted by atomic mass is 10.2. The van der Waals surface area contributed by atoms with E-state index in [1.807, 2.05) is 27.7 Å². The van der Waals surface area contributed by atoms with E-state index in [0.717, 1.165) is 18.7 Å². The number of amides is 1. The van der Waals surface area contributed by atoms with E-state index in [1.54, 1.807) is 4.90 Å². The molecule has 0 heterocycles. The highest BCUT2D eigenvalue weighted by Crippen LogP contribution is 2.10. The van der Waals surface area contributed by atoms with Crippen LogP contribution in [0.25, 0.3) is 0 Å². The maximum absolute atomic E-state index is 11.6. The van der Waals surface area contributed by atoms with Crippen molar-refractivity contribution in [1.29, 1.82) is 0 Å². The first-order valence-corrected chi connectivity index (χ1v) is 5.62. The number of hydrogen-bond donors (Lipinski definition) is 1. The smallest absolute Gasteiger partial charge is 0.410 e. The van der Waals surface area contributed by atoms with Gasteiger partial charge in [0, 0.05) is 13.1 Å². The molecule has 0 aromatic heterocycles. The minimum Gasteiger partial charge on any atom is -0.444 e. The van der Waals surface area contributed by atoms with Gasteiger partial charge in [0.15, 0.2) is 0 Å². The third kappa shape index (κ3) is 6.13. The van der Waals surface area contributed by atoms with Crippen LogP contribution in [0.5, 0.6) is 0 Å². The van der Waals surface area contributed by atoms with E-state index < -0.39 is 5.60 Å². The Kier molecular flexibility index (Phi) is 6.00. The summed E-state index contributed by atoms with van der Waals surface area (Å²) in [5, 5.41) is 0. The van der Waals surface area contributed by atoms with E-state index in [4.69, 9.17) is 4.74 Å². The second-order valence-corrected chi connectivity index (χ2v) is 4.58. The van der Waals surface area contributed by atoms with Crippen LogP contribution in [-0.2, 0) is 4.74 Å². The number of carbonyl (C=O) groups is 1. The Morgan fingerprint density at radius 2 is 2.00 bits per heavy atom. The van der Waals surface area contributed by atoms with Gasteiger partial charge in [-0.3, -0.25) is 0 Å². The van der Waals surface area contributed by atoms with Crippen LogP contribution in [0.15, 0.2) is 0 Å². The lowest BCUT2D eigenvalue weighted by Crippen LogP contribution is -2.37. The van der Waals surface area contributed by atoms with Gasteiger partial charge in [0.2, 0.25) is 0 Å². The minimum atomic E-state index is -0.411. The van der Waals surface area contributed by atoms with Gasteiger partial charge in [0.25, 0.3) is 0 Å². The number of thiol groups is 1. The zero-order chi connectivity index (χ0) is 11.2. The van der Waals surface area contributed by atoms with Crippen LogP contribution < -0.4 is 0 Å². The average Bonchev–Trinajstić information content (AvgIpc) is 2.02. The van der Waals surface area contributed by atoms with Crippen LogP contribution in [0.3, 0.4) is 0 Å². The molecule has 0 radical (unpaired) electrons. The largest absolute Gasteiger partial charge is 0.444 e. The zero-order valence-electron chi connectivity index (χ0n) is 9.54. The molecule has 0 fully saturated rings. The molecule has 0 saturated heterocycles. The predicted molar refractivity (Wildman–Crippen MR) is 62.0 cm³/mol. The summed E-state index contributed by atoms with van der Waals surface area (Å²) in [6.07, 6.45) is 0.665. The predicted octanol–water partition coefficient (Wildman–Crippen LogP) is 2.56. The van der Waals surface area contributed by atoms with Crippen LogP contribution >= 0.6 is 12.6 Å². The summed E-state index contributed by atoms with van der Waals surface area (Å²) in [4.78, 5) is 13.3. The molecule has 0 atom stereocenters. The van der Waals surface area contributed by atoms with Crippen molar-refractivity contribution in [1.82, 2.24) is 4.90 Å². The number of rotatable bonds is 4. The topological polar surface area (TPSA) is 29.5 Å². The third-order valence-corrected chi connectivity index (χ3v) is 1.94. The highest BCUT2D eigenvalue weighted by atomic mass is 32.1. The molecule has 0 aromatic rings. The second kappa shape index (κ2) is 6.17. The molecule has 14 heavy (non-hydrogen) atoms. The summed E-state index contributed by atoms with van der Waals surface area (Å²) in [5.74, 6) is 0.791. The lowest BCUT2D eigenvalue weighted by molar-refractivity contribution is 0.0261. The fourth-order valence-electron chi connectivity index (χ4n) is 0.967. The normalized spacial score (nSPS) is 11.2. The molecular weight excluding hydrogens is 198 g/mol. The Labute approximate surface area is 92.2 Å². The van der Waals surface area contributed by atoms with E-state index in [9.17, 15) is 4.79 Å². The quantitative estimate of drug-likeness (QED) is 0.736. The van der Waals surface area contributed by atoms with E-state index in [1.165, 1.54) is 0 Å². The molecule has 0 rings (SSSR count). The summed E-state index contributed by atoms with van der Waals surface area (Å²) in [6, 6.07) is 0. The maximum atomic E-state index is 11.6. The molecule has 84 valence electrons. The summed E-state index contributed by atoms with van der Waals surface area (Å²) in [7, 11) is 0. The van der Waals surface area contributed by atoms with Crippen molar-refractivity contribution in [2.75, 3.05) is 18.8 Å². The Balaban J connectivity index is 4.04. The van der Waals surface area contributed by atoms with Gasteiger partial charge in [-0.1, -0.05) is 0 Å². The number of carbonyl (C=O) groups excluding carboxylic acids is 1. The third-order valence-electron chi connectivity index (χ3n) is 1.62. The first-order valence-electron chi connectivity index (χ1n) is 4.99. The SMILES string of the molecule is CCN(CCCS)C(=O)OC(C)(C)C. The summed E-state index contributed by atoms with van der Waals surface area (Å²) < 4.78 is 5.25. The fourth-order valence-corrected chi connectivity index (χ4v) is 1.11. The molecule has 1 amide bonds. The van der Waals surface area contributed by atoms with Gasteiger partial charge in [0.05, 0.1) is 0 Å². The molecule has 3 nitrogen and oxygen atoms in total. The highest BCUT2D eigenvalue weighted by Gasteiger charge is 2.20. The molecule has 0 aliphatic carbocycles. The van der Waals surface area contributed by atoms with E-state index in [2.05, 4.69) is 12.6 Å². The summed E-state index contributed by atoms with van der Waals surface area (Å²) in [6.45, 7) is 8.96. The Morgan fingerprint density at radius 3 is 2.36 bits per heavy atom. The molecule has 0 saturated carbocycles. The van der Waals surface area contributed by atoms with E-state index >= 15 is 0 Å². The van der Waals surface area contributed by atoms with Crippen LogP contribution in [0.4, 0.5) is 4.79 Å². The molecule has 0 N–H and O–H groups in total. The van der Waals surface area contributed by atoms with Gasteiger partial charge in [0.1, 0.15) is 5.60 Å². The van der Waals surface area contributed by atoms with Gasteiger partial charge in [-0.2, -0.15) is 12.6 Å². The molecule has 4 heteroatoms. The van der Waals surface area contributed by atoms with E-state index in [0.29, 0.717) is 6.54 Å². The van der Waals surface area contributed by atoms with Crippen molar-refractivity contribution in [2.24, 2.45) is 0 Å². The van der Waals surface area contributed by atoms with Gasteiger partial charge in [-0.15, -0.1) is 0 Å². The first kappa shape index (κ1) is 13.6. The molecule has 0 aliphatic rings. The molecular formula is C10H21NO2S. The van der Waals surface area contributed by atoms with Crippen molar-refractivity contribution in [2.45, 2.75) is 39.7 Å². The van der Waals surface area contributed by atoms with Crippen molar-refractivity contribution >= 4 is 18.7 Å². The van der Waals surface area contributed by atoms with Gasteiger partial charge in [-0.05, 0) is 39.9 Å². The van der Waals surface area contributed by atoms with E-state index in [-0.39, 0.29) is 6.09 Å². The number of hydrogen-bond acceptors (Lipinski definition) is 3. The Bertz CT molecular complexity index is 177. The first-order chi connectivity index (χ1) is 6.40. The molecule has 0 spiro atoms. The van der Waals surface area contributed by atoms with Crippen molar-refractivity contribution in [3.63, 3.8) is 0 Å². The molecule has 0 aromatic carbocycles. The zero-order valence-corrected chi connectivity index (χ0v) is 10.4. The van der Waals surface area contributed by atoms with Crippen molar-refractivity contribution in [3.05, 3.63) is 0 Å². The standard InChI is InChI=1S/C10H21NO2S/c1-5-11(7-6-8-14)9(12)13-10(2,3)4/h14H,5-8H2,1-4H3. The molecule has 0 bridgehead atoms. The second-order valence-electron chi connectivity index (χ2n) is 4.14.